The Balaban J connectivity index is 1.39. The summed E-state index contributed by atoms with van der Waals surface area (Å²) in [6.45, 7) is 0.124. The average molecular weight is 481 g/mol. The predicted octanol–water partition coefficient (Wildman–Crippen LogP) is 3.77. The van der Waals surface area contributed by atoms with Crippen LogP contribution in [0.15, 0.2) is 53.7 Å². The first-order valence-corrected chi connectivity index (χ1v) is 11.2. The Bertz CT molecular complexity index is 1210. The minimum atomic E-state index is -1.01. The number of methoxy groups -OCH3 is 1. The molecule has 0 aromatic heterocycles. The molecule has 0 radical (unpaired) electrons. The zero-order chi connectivity index (χ0) is 24.0. The third-order valence-electron chi connectivity index (χ3n) is 6.61. The lowest BCUT2D eigenvalue weighted by molar-refractivity contribution is -0.140. The van der Waals surface area contributed by atoms with Gasteiger partial charge in [-0.3, -0.25) is 9.59 Å². The number of fused-ring (bicyclic) bond motifs is 5. The number of halogens is 1. The van der Waals surface area contributed by atoms with Gasteiger partial charge < -0.3 is 14.6 Å². The van der Waals surface area contributed by atoms with Crippen molar-refractivity contribution in [3.05, 3.63) is 70.3 Å². The Hall–Kier alpha value is -3.65. The van der Waals surface area contributed by atoms with Gasteiger partial charge in [-0.15, -0.1) is 0 Å². The molecule has 1 saturated carbocycles. The lowest BCUT2D eigenvalue weighted by Crippen LogP contribution is -2.28. The standard InChI is InChI=1S/C25H21ClN2O6/c1-33-19-10-18(26)9-17(22(19)34-12-13-2-4-14(5-3-13)25(31)32)11-27-28-23(29)20-15-6-7-16(8-15)21(20)24(28)30/h2-7,9-11,15-16,20-21H,8,12H2,1H3,(H,31,32). The van der Waals surface area contributed by atoms with E-state index in [2.05, 4.69) is 5.10 Å². The van der Waals surface area contributed by atoms with Crippen LogP contribution in [0.4, 0.5) is 0 Å². The molecule has 2 amide bonds. The number of ether oxygens (including phenoxy) is 2. The van der Waals surface area contributed by atoms with E-state index in [4.69, 9.17) is 26.2 Å². The summed E-state index contributed by atoms with van der Waals surface area (Å²) in [7, 11) is 1.47. The van der Waals surface area contributed by atoms with Crippen LogP contribution in [0.3, 0.4) is 0 Å². The molecule has 2 fully saturated rings. The first-order chi connectivity index (χ1) is 16.4. The van der Waals surface area contributed by atoms with Crippen molar-refractivity contribution in [3.8, 4) is 11.5 Å². The number of carboxylic acid groups (broad SMARTS) is 1. The summed E-state index contributed by atoms with van der Waals surface area (Å²) in [6, 6.07) is 9.48. The highest BCUT2D eigenvalue weighted by molar-refractivity contribution is 6.31. The Kier molecular flexibility index (Phi) is 5.61. The number of hydrazone groups is 1. The van der Waals surface area contributed by atoms with E-state index in [1.807, 2.05) is 12.2 Å². The van der Waals surface area contributed by atoms with Crippen molar-refractivity contribution in [2.24, 2.45) is 28.8 Å². The van der Waals surface area contributed by atoms with Crippen molar-refractivity contribution in [1.82, 2.24) is 5.01 Å². The molecular weight excluding hydrogens is 460 g/mol. The quantitative estimate of drug-likeness (QED) is 0.367. The van der Waals surface area contributed by atoms with E-state index in [0.717, 1.165) is 17.0 Å². The van der Waals surface area contributed by atoms with Gasteiger partial charge in [0.15, 0.2) is 11.5 Å². The highest BCUT2D eigenvalue weighted by Gasteiger charge is 2.59. The first kappa shape index (κ1) is 22.2. The summed E-state index contributed by atoms with van der Waals surface area (Å²) >= 11 is 6.23. The minimum Gasteiger partial charge on any atom is -0.493 e. The van der Waals surface area contributed by atoms with Gasteiger partial charge in [0.25, 0.3) is 11.8 Å². The van der Waals surface area contributed by atoms with Gasteiger partial charge in [-0.2, -0.15) is 10.1 Å². The predicted molar refractivity (Wildman–Crippen MR) is 123 cm³/mol. The van der Waals surface area contributed by atoms with Crippen LogP contribution in [0.1, 0.15) is 27.9 Å². The number of hydrogen-bond acceptors (Lipinski definition) is 6. The molecule has 2 aromatic rings. The summed E-state index contributed by atoms with van der Waals surface area (Å²) in [5.74, 6) is -1.35. The van der Waals surface area contributed by atoms with Crippen LogP contribution in [0, 0.1) is 23.7 Å². The molecule has 5 rings (SSSR count). The lowest BCUT2D eigenvalue weighted by atomic mass is 9.85. The van der Waals surface area contributed by atoms with Crippen molar-refractivity contribution in [1.29, 1.82) is 0 Å². The second-order valence-corrected chi connectivity index (χ2v) is 8.99. The van der Waals surface area contributed by atoms with Crippen molar-refractivity contribution in [2.75, 3.05) is 7.11 Å². The fourth-order valence-corrected chi connectivity index (χ4v) is 5.23. The fourth-order valence-electron chi connectivity index (χ4n) is 5.01. The Morgan fingerprint density at radius 2 is 1.79 bits per heavy atom. The molecule has 1 N–H and O–H groups in total. The number of allylic oxidation sites excluding steroid dienone is 2. The number of aromatic carboxylic acids is 1. The summed E-state index contributed by atoms with van der Waals surface area (Å²) in [5, 5.41) is 14.6. The summed E-state index contributed by atoms with van der Waals surface area (Å²) in [5.41, 5.74) is 1.35. The summed E-state index contributed by atoms with van der Waals surface area (Å²) < 4.78 is 11.4. The third kappa shape index (κ3) is 3.74. The van der Waals surface area contributed by atoms with Gasteiger partial charge in [-0.05, 0) is 42.0 Å². The van der Waals surface area contributed by atoms with Gasteiger partial charge in [-0.25, -0.2) is 4.79 Å². The van der Waals surface area contributed by atoms with Gasteiger partial charge in [0.1, 0.15) is 6.61 Å². The molecule has 2 bridgehead atoms. The van der Waals surface area contributed by atoms with E-state index < -0.39 is 5.97 Å². The molecule has 0 spiro atoms. The van der Waals surface area contributed by atoms with Crippen LogP contribution in [-0.2, 0) is 16.2 Å². The van der Waals surface area contributed by atoms with E-state index in [1.54, 1.807) is 24.3 Å². The number of benzene rings is 2. The van der Waals surface area contributed by atoms with Crippen LogP contribution in [0.5, 0.6) is 11.5 Å². The smallest absolute Gasteiger partial charge is 0.335 e. The largest absolute Gasteiger partial charge is 0.493 e. The van der Waals surface area contributed by atoms with E-state index in [9.17, 15) is 14.4 Å². The second-order valence-electron chi connectivity index (χ2n) is 8.55. The number of amides is 2. The zero-order valence-corrected chi connectivity index (χ0v) is 18.9. The number of nitrogens with zero attached hydrogens (tertiary/aromatic N) is 2. The molecule has 4 atom stereocenters. The molecule has 1 saturated heterocycles. The molecule has 174 valence electrons. The van der Waals surface area contributed by atoms with Crippen LogP contribution in [0.25, 0.3) is 0 Å². The summed E-state index contributed by atoms with van der Waals surface area (Å²) in [6.07, 6.45) is 6.28. The van der Waals surface area contributed by atoms with Crippen molar-refractivity contribution in [3.63, 3.8) is 0 Å². The molecule has 34 heavy (non-hydrogen) atoms. The SMILES string of the molecule is COc1cc(Cl)cc(C=NN2C(=O)C3C4C=CC(C4)C3C2=O)c1OCc1ccc(C(=O)O)cc1. The minimum absolute atomic E-state index is 0.101. The molecule has 2 aromatic carbocycles. The van der Waals surface area contributed by atoms with Gasteiger partial charge in [0, 0.05) is 16.7 Å². The van der Waals surface area contributed by atoms with E-state index in [-0.39, 0.29) is 47.7 Å². The summed E-state index contributed by atoms with van der Waals surface area (Å²) in [4.78, 5) is 36.9. The molecular formula is C25H21ClN2O6. The Morgan fingerprint density at radius 1 is 1.15 bits per heavy atom. The monoisotopic (exact) mass is 480 g/mol. The maximum absolute atomic E-state index is 12.9. The zero-order valence-electron chi connectivity index (χ0n) is 18.2. The van der Waals surface area contributed by atoms with E-state index >= 15 is 0 Å². The van der Waals surface area contributed by atoms with Crippen LogP contribution in [-0.4, -0.2) is 41.2 Å². The number of carboxylic acids is 1. The molecule has 3 aliphatic rings. The van der Waals surface area contributed by atoms with Crippen LogP contribution >= 0.6 is 11.6 Å². The Morgan fingerprint density at radius 3 is 2.38 bits per heavy atom. The average Bonchev–Trinajstić information content (AvgIpc) is 3.51. The van der Waals surface area contributed by atoms with E-state index in [0.29, 0.717) is 22.1 Å². The van der Waals surface area contributed by atoms with Gasteiger partial charge in [0.2, 0.25) is 0 Å². The molecule has 8 nitrogen and oxygen atoms in total. The highest BCUT2D eigenvalue weighted by atomic mass is 35.5. The number of hydrogen-bond donors (Lipinski definition) is 1. The second kappa shape index (κ2) is 8.61. The molecule has 1 heterocycles. The topological polar surface area (TPSA) is 106 Å². The normalized spacial score (nSPS) is 24.8. The van der Waals surface area contributed by atoms with Crippen molar-refractivity contribution < 1.29 is 29.0 Å². The number of rotatable bonds is 7. The third-order valence-corrected chi connectivity index (χ3v) is 6.83. The molecule has 2 aliphatic carbocycles. The molecule has 4 unspecified atom stereocenters. The number of carbonyl (C=O) groups is 3. The van der Waals surface area contributed by atoms with Crippen molar-refractivity contribution in [2.45, 2.75) is 13.0 Å². The number of carbonyl (C=O) groups excluding carboxylic acids is 2. The van der Waals surface area contributed by atoms with Crippen LogP contribution in [0.2, 0.25) is 5.02 Å². The van der Waals surface area contributed by atoms with E-state index in [1.165, 1.54) is 25.5 Å². The van der Waals surface area contributed by atoms with Gasteiger partial charge in [-0.1, -0.05) is 35.9 Å². The maximum atomic E-state index is 12.9. The highest BCUT2D eigenvalue weighted by Crippen LogP contribution is 2.52. The van der Waals surface area contributed by atoms with Crippen LogP contribution < -0.4 is 9.47 Å². The fraction of sp³-hybridized carbons (Fsp3) is 0.280. The first-order valence-electron chi connectivity index (χ1n) is 10.8. The van der Waals surface area contributed by atoms with Gasteiger partial charge >= 0.3 is 5.97 Å². The Labute approximate surface area is 200 Å². The van der Waals surface area contributed by atoms with Crippen molar-refractivity contribution >= 4 is 35.6 Å². The lowest BCUT2D eigenvalue weighted by Gasteiger charge is -2.15. The number of imide groups is 1. The molecule has 9 heteroatoms. The van der Waals surface area contributed by atoms with Gasteiger partial charge in [0.05, 0.1) is 30.7 Å². The molecule has 1 aliphatic heterocycles. The maximum Gasteiger partial charge on any atom is 0.335 e.